The number of rotatable bonds is 7. The first kappa shape index (κ1) is 28.1. The van der Waals surface area contributed by atoms with Crippen LogP contribution in [0.5, 0.6) is 5.75 Å². The minimum atomic E-state index is -3.89. The topological polar surface area (TPSA) is 70.1 Å². The van der Waals surface area contributed by atoms with E-state index >= 15 is 0 Å². The van der Waals surface area contributed by atoms with Crippen LogP contribution in [0.15, 0.2) is 47.4 Å². The Balaban J connectivity index is 1.95. The van der Waals surface area contributed by atoms with Crippen molar-refractivity contribution in [3.63, 3.8) is 0 Å². The summed E-state index contributed by atoms with van der Waals surface area (Å²) in [4.78, 5) is 2.16. The van der Waals surface area contributed by atoms with E-state index in [4.69, 9.17) is 4.74 Å². The number of sulfonamides is 1. The normalized spacial score (nSPS) is 20.6. The molecule has 8 heteroatoms. The van der Waals surface area contributed by atoms with Crippen molar-refractivity contribution in [3.8, 4) is 17.6 Å². The fourth-order valence-electron chi connectivity index (χ4n) is 4.15. The van der Waals surface area contributed by atoms with Crippen molar-refractivity contribution in [2.24, 2.45) is 11.8 Å². The molecule has 196 valence electrons. The Labute approximate surface area is 215 Å². The summed E-state index contributed by atoms with van der Waals surface area (Å²) in [5.41, 5.74) is 1.66. The molecule has 0 saturated carbocycles. The fraction of sp³-hybridized carbons (Fsp3) is 0.500. The van der Waals surface area contributed by atoms with Crippen molar-refractivity contribution in [3.05, 3.63) is 59.4 Å². The molecular formula is C28H37FN2O4S. The van der Waals surface area contributed by atoms with E-state index in [-0.39, 0.29) is 41.6 Å². The van der Waals surface area contributed by atoms with Gasteiger partial charge in [-0.15, -0.1) is 0 Å². The van der Waals surface area contributed by atoms with Crippen LogP contribution in [0.25, 0.3) is 0 Å². The second-order valence-corrected chi connectivity index (χ2v) is 12.0. The first-order valence-corrected chi connectivity index (χ1v) is 13.8. The molecule has 0 radical (unpaired) electrons. The molecule has 3 rings (SSSR count). The standard InChI is InChI=1S/C28H37FN2O4S/c1-20(2)7-6-8-23-11-14-28-26(15-23)35-27(18-30(5)17-24-9-12-25(29)13-10-24)21(3)16-31(22(4)19-32)36(28,33)34/h9-15,20-22,27,32H,7,16-19H2,1-5H3/t21-,22+,27-/m1/s1. The van der Waals surface area contributed by atoms with Crippen LogP contribution in [0, 0.1) is 29.5 Å². The minimum Gasteiger partial charge on any atom is -0.487 e. The molecule has 1 N–H and O–H groups in total. The van der Waals surface area contributed by atoms with E-state index in [0.717, 1.165) is 12.0 Å². The highest BCUT2D eigenvalue weighted by Crippen LogP contribution is 2.34. The molecule has 1 heterocycles. The van der Waals surface area contributed by atoms with Gasteiger partial charge in [-0.2, -0.15) is 4.31 Å². The lowest BCUT2D eigenvalue weighted by Crippen LogP contribution is -2.49. The summed E-state index contributed by atoms with van der Waals surface area (Å²) >= 11 is 0. The second kappa shape index (κ2) is 12.2. The molecule has 1 aliphatic heterocycles. The Morgan fingerprint density at radius 1 is 1.19 bits per heavy atom. The highest BCUT2D eigenvalue weighted by molar-refractivity contribution is 7.89. The van der Waals surface area contributed by atoms with E-state index < -0.39 is 16.1 Å². The lowest BCUT2D eigenvalue weighted by molar-refractivity contribution is 0.0733. The second-order valence-electron chi connectivity index (χ2n) is 10.1. The molecule has 0 aliphatic carbocycles. The predicted octanol–water partition coefficient (Wildman–Crippen LogP) is 4.12. The van der Waals surface area contributed by atoms with Crippen LogP contribution in [-0.2, 0) is 16.6 Å². The Hall–Kier alpha value is -2.44. The lowest BCUT2D eigenvalue weighted by atomic mass is 10.0. The highest BCUT2D eigenvalue weighted by atomic mass is 32.2. The Kier molecular flexibility index (Phi) is 9.53. The van der Waals surface area contributed by atoms with E-state index in [9.17, 15) is 17.9 Å². The van der Waals surface area contributed by atoms with Crippen LogP contribution < -0.4 is 4.74 Å². The largest absolute Gasteiger partial charge is 0.487 e. The average Bonchev–Trinajstić information content (AvgIpc) is 2.82. The quantitative estimate of drug-likeness (QED) is 0.561. The molecule has 2 aromatic carbocycles. The van der Waals surface area contributed by atoms with E-state index in [0.29, 0.717) is 24.6 Å². The van der Waals surface area contributed by atoms with Crippen molar-refractivity contribution in [2.75, 3.05) is 26.7 Å². The van der Waals surface area contributed by atoms with Crippen LogP contribution in [0.3, 0.4) is 0 Å². The molecule has 0 amide bonds. The zero-order valence-electron chi connectivity index (χ0n) is 21.7. The summed E-state index contributed by atoms with van der Waals surface area (Å²) < 4.78 is 48.3. The number of likely N-dealkylation sites (N-methyl/N-ethyl adjacent to an activating group) is 1. The molecule has 2 aromatic rings. The third kappa shape index (κ3) is 7.07. The number of hydrogen-bond donors (Lipinski definition) is 1. The van der Waals surface area contributed by atoms with Gasteiger partial charge < -0.3 is 9.84 Å². The third-order valence-electron chi connectivity index (χ3n) is 6.27. The molecule has 0 fully saturated rings. The molecular weight excluding hydrogens is 479 g/mol. The number of halogens is 1. The summed E-state index contributed by atoms with van der Waals surface area (Å²) in [5.74, 6) is 6.54. The van der Waals surface area contributed by atoms with Crippen molar-refractivity contribution in [1.29, 1.82) is 0 Å². The summed E-state index contributed by atoms with van der Waals surface area (Å²) in [6, 6.07) is 10.8. The van der Waals surface area contributed by atoms with Crippen molar-refractivity contribution < 1.29 is 22.7 Å². The fourth-order valence-corrected chi connectivity index (χ4v) is 5.98. The van der Waals surface area contributed by atoms with E-state index in [1.165, 1.54) is 16.4 Å². The van der Waals surface area contributed by atoms with Gasteiger partial charge in [0.2, 0.25) is 10.0 Å². The smallest absolute Gasteiger partial charge is 0.247 e. The minimum absolute atomic E-state index is 0.0790. The van der Waals surface area contributed by atoms with E-state index in [1.54, 1.807) is 37.3 Å². The van der Waals surface area contributed by atoms with Crippen LogP contribution in [0.4, 0.5) is 4.39 Å². The summed E-state index contributed by atoms with van der Waals surface area (Å²) in [5, 5.41) is 9.81. The summed E-state index contributed by atoms with van der Waals surface area (Å²) in [6.45, 7) is 8.91. The molecule has 0 spiro atoms. The molecule has 3 atom stereocenters. The highest BCUT2D eigenvalue weighted by Gasteiger charge is 2.38. The van der Waals surface area contributed by atoms with Gasteiger partial charge in [-0.3, -0.25) is 4.90 Å². The molecule has 6 nitrogen and oxygen atoms in total. The van der Waals surface area contributed by atoms with Gasteiger partial charge in [0.25, 0.3) is 0 Å². The Bertz CT molecular complexity index is 1190. The summed E-state index contributed by atoms with van der Waals surface area (Å²) in [6.07, 6.45) is 0.420. The van der Waals surface area contributed by atoms with Gasteiger partial charge in [-0.05, 0) is 55.8 Å². The van der Waals surface area contributed by atoms with Crippen LogP contribution in [0.1, 0.15) is 45.2 Å². The van der Waals surface area contributed by atoms with E-state index in [1.807, 2.05) is 14.0 Å². The molecule has 1 aliphatic rings. The molecule has 0 aromatic heterocycles. The van der Waals surface area contributed by atoms with Gasteiger partial charge in [0.15, 0.2) is 0 Å². The number of fused-ring (bicyclic) bond motifs is 1. The SMILES string of the molecule is CC(C)CC#Cc1ccc2c(c1)O[C@H](CN(C)Cc1ccc(F)cc1)[C@H](C)CN([C@@H](C)CO)S2(=O)=O. The molecule has 36 heavy (non-hydrogen) atoms. The predicted molar refractivity (Wildman–Crippen MR) is 140 cm³/mol. The Morgan fingerprint density at radius 2 is 1.89 bits per heavy atom. The first-order chi connectivity index (χ1) is 17.0. The van der Waals surface area contributed by atoms with Gasteiger partial charge in [0, 0.05) is 43.6 Å². The van der Waals surface area contributed by atoms with Crippen molar-refractivity contribution in [1.82, 2.24) is 9.21 Å². The first-order valence-electron chi connectivity index (χ1n) is 12.4. The van der Waals surface area contributed by atoms with Gasteiger partial charge in [0.1, 0.15) is 22.6 Å². The van der Waals surface area contributed by atoms with Crippen LogP contribution in [-0.4, -0.2) is 61.6 Å². The number of nitrogens with zero attached hydrogens (tertiary/aromatic N) is 2. The van der Waals surface area contributed by atoms with Gasteiger partial charge in [-0.1, -0.05) is 44.7 Å². The maximum absolute atomic E-state index is 13.6. The van der Waals surface area contributed by atoms with Crippen LogP contribution in [0.2, 0.25) is 0 Å². The van der Waals surface area contributed by atoms with Crippen molar-refractivity contribution >= 4 is 10.0 Å². The zero-order valence-corrected chi connectivity index (χ0v) is 22.6. The van der Waals surface area contributed by atoms with Crippen molar-refractivity contribution in [2.45, 2.75) is 57.7 Å². The number of aliphatic hydroxyl groups is 1. The van der Waals surface area contributed by atoms with E-state index in [2.05, 4.69) is 30.6 Å². The number of ether oxygens (including phenoxy) is 1. The number of hydrogen-bond acceptors (Lipinski definition) is 5. The van der Waals surface area contributed by atoms with Gasteiger partial charge in [-0.25, -0.2) is 12.8 Å². The summed E-state index contributed by atoms with van der Waals surface area (Å²) in [7, 11) is -1.93. The maximum Gasteiger partial charge on any atom is 0.247 e. The maximum atomic E-state index is 13.6. The van der Waals surface area contributed by atoms with Crippen LogP contribution >= 0.6 is 0 Å². The third-order valence-corrected chi connectivity index (χ3v) is 8.29. The molecule has 0 saturated heterocycles. The molecule has 0 unspecified atom stereocenters. The zero-order chi connectivity index (χ0) is 26.5. The average molecular weight is 517 g/mol. The lowest BCUT2D eigenvalue weighted by Gasteiger charge is -2.37. The van der Waals surface area contributed by atoms with Gasteiger partial charge in [0.05, 0.1) is 6.61 Å². The number of benzene rings is 2. The monoisotopic (exact) mass is 516 g/mol. The number of aliphatic hydroxyl groups excluding tert-OH is 1. The Morgan fingerprint density at radius 3 is 2.53 bits per heavy atom. The molecule has 0 bridgehead atoms. The van der Waals surface area contributed by atoms with Gasteiger partial charge >= 0.3 is 0 Å².